The summed E-state index contributed by atoms with van der Waals surface area (Å²) >= 11 is 6.94. The van der Waals surface area contributed by atoms with Crippen LogP contribution in [0.2, 0.25) is 0 Å². The molecular weight excluding hydrogens is 608 g/mol. The third-order valence-corrected chi connectivity index (χ3v) is 6.99. The number of fused-ring (bicyclic) bond motifs is 1. The summed E-state index contributed by atoms with van der Waals surface area (Å²) in [6.45, 7) is 4.13. The number of rotatable bonds is 9. The average molecular weight is 636 g/mol. The van der Waals surface area contributed by atoms with Gasteiger partial charge >= 0.3 is 0 Å². The van der Waals surface area contributed by atoms with E-state index in [0.717, 1.165) is 17.3 Å². The van der Waals surface area contributed by atoms with Crippen LogP contribution in [0.4, 0.5) is 0 Å². The van der Waals surface area contributed by atoms with Crippen molar-refractivity contribution < 1.29 is 19.0 Å². The fourth-order valence-corrected chi connectivity index (χ4v) is 4.86. The van der Waals surface area contributed by atoms with Crippen molar-refractivity contribution in [1.82, 2.24) is 14.6 Å². The number of nitrogens with zero attached hydrogens (tertiary/aromatic N) is 4. The van der Waals surface area contributed by atoms with Gasteiger partial charge in [-0.3, -0.25) is 9.59 Å². The monoisotopic (exact) mass is 634 g/mol. The van der Waals surface area contributed by atoms with Gasteiger partial charge in [0.25, 0.3) is 11.5 Å². The van der Waals surface area contributed by atoms with Gasteiger partial charge in [0.2, 0.25) is 0 Å². The number of aromatic nitrogens is 2. The molecule has 1 amide bonds. The molecule has 0 N–H and O–H groups in total. The maximum absolute atomic E-state index is 13.3. The molecule has 1 fully saturated rings. The van der Waals surface area contributed by atoms with Gasteiger partial charge < -0.3 is 19.1 Å². The van der Waals surface area contributed by atoms with Gasteiger partial charge in [-0.2, -0.15) is 9.78 Å². The van der Waals surface area contributed by atoms with E-state index in [4.69, 9.17) is 19.2 Å². The molecule has 37 heavy (non-hydrogen) atoms. The number of hydrogen-bond acceptors (Lipinski definition) is 7. The average Bonchev–Trinajstić information content (AvgIpc) is 2.91. The zero-order valence-corrected chi connectivity index (χ0v) is 23.9. The van der Waals surface area contributed by atoms with Crippen molar-refractivity contribution in [3.8, 4) is 11.5 Å². The van der Waals surface area contributed by atoms with E-state index in [1.807, 2.05) is 12.1 Å². The standard InChI is InChI=1S/C26H28Br2N4O5/c1-3-4-5-23-30-21-7-6-18(27)14-19(21)26(34)32(23)29-15-17-12-20(28)25(22(13-17)35-2)37-16-24(33)31-8-10-36-11-9-31/h6-7,12-15H,3-5,8-11,16H2,1-2H3. The van der Waals surface area contributed by atoms with Crippen LogP contribution in [0.5, 0.6) is 11.5 Å². The Labute approximate surface area is 231 Å². The summed E-state index contributed by atoms with van der Waals surface area (Å²) in [6, 6.07) is 8.99. The molecular formula is C26H28Br2N4O5. The Morgan fingerprint density at radius 1 is 1.22 bits per heavy atom. The number of unbranched alkanes of at least 4 members (excludes halogenated alkanes) is 1. The van der Waals surface area contributed by atoms with Gasteiger partial charge in [-0.1, -0.05) is 29.3 Å². The van der Waals surface area contributed by atoms with Crippen molar-refractivity contribution >= 4 is 54.9 Å². The minimum Gasteiger partial charge on any atom is -0.493 e. The van der Waals surface area contributed by atoms with E-state index in [1.165, 1.54) is 11.8 Å². The zero-order chi connectivity index (χ0) is 26.4. The fraction of sp³-hybridized carbons (Fsp3) is 0.385. The molecule has 2 aromatic carbocycles. The fourth-order valence-electron chi connectivity index (χ4n) is 3.93. The lowest BCUT2D eigenvalue weighted by Crippen LogP contribution is -2.43. The summed E-state index contributed by atoms with van der Waals surface area (Å²) in [6.07, 6.45) is 4.07. The second-order valence-electron chi connectivity index (χ2n) is 8.47. The molecule has 9 nitrogen and oxygen atoms in total. The van der Waals surface area contributed by atoms with Crippen molar-refractivity contribution in [2.75, 3.05) is 40.0 Å². The van der Waals surface area contributed by atoms with Crippen molar-refractivity contribution in [2.24, 2.45) is 5.10 Å². The molecule has 1 aliphatic heterocycles. The SMILES string of the molecule is CCCCc1nc2ccc(Br)cc2c(=O)n1N=Cc1cc(Br)c(OCC(=O)N2CCOCC2)c(OC)c1. The normalized spacial score (nSPS) is 13.9. The highest BCUT2D eigenvalue weighted by Gasteiger charge is 2.19. The third kappa shape index (κ3) is 6.58. The van der Waals surface area contributed by atoms with Gasteiger partial charge in [-0.25, -0.2) is 4.98 Å². The molecule has 0 aliphatic carbocycles. The van der Waals surface area contributed by atoms with Crippen LogP contribution < -0.4 is 15.0 Å². The first-order valence-corrected chi connectivity index (χ1v) is 13.6. The van der Waals surface area contributed by atoms with E-state index in [0.29, 0.717) is 71.0 Å². The second-order valence-corrected chi connectivity index (χ2v) is 10.2. The molecule has 11 heteroatoms. The Morgan fingerprint density at radius 3 is 2.73 bits per heavy atom. The molecule has 0 radical (unpaired) electrons. The van der Waals surface area contributed by atoms with Crippen LogP contribution in [0, 0.1) is 0 Å². The number of amides is 1. The van der Waals surface area contributed by atoms with Gasteiger partial charge in [0.1, 0.15) is 5.82 Å². The minimum absolute atomic E-state index is 0.114. The lowest BCUT2D eigenvalue weighted by atomic mass is 10.2. The number of morpholine rings is 1. The molecule has 0 bridgehead atoms. The molecule has 1 aromatic heterocycles. The number of carbonyl (C=O) groups excluding carboxylic acids is 1. The first-order chi connectivity index (χ1) is 17.9. The largest absolute Gasteiger partial charge is 0.493 e. The Bertz CT molecular complexity index is 1370. The Kier molecular flexibility index (Phi) is 9.33. The summed E-state index contributed by atoms with van der Waals surface area (Å²) in [5.74, 6) is 1.34. The third-order valence-electron chi connectivity index (χ3n) is 5.91. The lowest BCUT2D eigenvalue weighted by Gasteiger charge is -2.26. The molecule has 2 heterocycles. The summed E-state index contributed by atoms with van der Waals surface area (Å²) in [5, 5.41) is 4.99. The summed E-state index contributed by atoms with van der Waals surface area (Å²) in [4.78, 5) is 32.2. The molecule has 1 aliphatic rings. The Morgan fingerprint density at radius 2 is 2.00 bits per heavy atom. The highest BCUT2D eigenvalue weighted by atomic mass is 79.9. The topological polar surface area (TPSA) is 95.3 Å². The predicted octanol–water partition coefficient (Wildman–Crippen LogP) is 4.39. The van der Waals surface area contributed by atoms with Crippen molar-refractivity contribution in [2.45, 2.75) is 26.2 Å². The van der Waals surface area contributed by atoms with Crippen LogP contribution in [0.15, 0.2) is 49.2 Å². The van der Waals surface area contributed by atoms with E-state index in [1.54, 1.807) is 29.3 Å². The van der Waals surface area contributed by atoms with Gasteiger partial charge in [0, 0.05) is 24.0 Å². The zero-order valence-electron chi connectivity index (χ0n) is 20.7. The number of benzene rings is 2. The smallest absolute Gasteiger partial charge is 0.282 e. The van der Waals surface area contributed by atoms with E-state index < -0.39 is 0 Å². The number of halogens is 2. The molecule has 196 valence electrons. The molecule has 4 rings (SSSR count). The Hall–Kier alpha value is -2.76. The Balaban J connectivity index is 1.61. The van der Waals surface area contributed by atoms with E-state index in [-0.39, 0.29) is 18.1 Å². The summed E-state index contributed by atoms with van der Waals surface area (Å²) in [7, 11) is 1.53. The van der Waals surface area contributed by atoms with Gasteiger partial charge in [-0.05, 0) is 58.2 Å². The lowest BCUT2D eigenvalue weighted by molar-refractivity contribution is -0.137. The molecule has 0 unspecified atom stereocenters. The predicted molar refractivity (Wildman–Crippen MR) is 149 cm³/mol. The highest BCUT2D eigenvalue weighted by Crippen LogP contribution is 2.36. The number of hydrogen-bond donors (Lipinski definition) is 0. The number of ether oxygens (including phenoxy) is 3. The first kappa shape index (κ1) is 27.3. The molecule has 0 spiro atoms. The van der Waals surface area contributed by atoms with Crippen LogP contribution in [0.25, 0.3) is 10.9 Å². The van der Waals surface area contributed by atoms with E-state index >= 15 is 0 Å². The quantitative estimate of drug-likeness (QED) is 0.324. The van der Waals surface area contributed by atoms with E-state index in [2.05, 4.69) is 43.9 Å². The van der Waals surface area contributed by atoms with Crippen LogP contribution in [0.3, 0.4) is 0 Å². The van der Waals surface area contributed by atoms with Crippen LogP contribution in [-0.2, 0) is 16.0 Å². The molecule has 0 saturated carbocycles. The van der Waals surface area contributed by atoms with Crippen molar-refractivity contribution in [3.63, 3.8) is 0 Å². The van der Waals surface area contributed by atoms with Crippen molar-refractivity contribution in [3.05, 3.63) is 61.0 Å². The number of aryl methyl sites for hydroxylation is 1. The molecule has 3 aromatic rings. The molecule has 0 atom stereocenters. The van der Waals surface area contributed by atoms with E-state index in [9.17, 15) is 9.59 Å². The number of methoxy groups -OCH3 is 1. The summed E-state index contributed by atoms with van der Waals surface area (Å²) < 4.78 is 19.4. The van der Waals surface area contributed by atoms with Crippen LogP contribution in [0.1, 0.15) is 31.2 Å². The maximum Gasteiger partial charge on any atom is 0.282 e. The van der Waals surface area contributed by atoms with Crippen LogP contribution >= 0.6 is 31.9 Å². The van der Waals surface area contributed by atoms with Crippen LogP contribution in [-0.4, -0.2) is 66.7 Å². The van der Waals surface area contributed by atoms with Gasteiger partial charge in [-0.15, -0.1) is 0 Å². The number of carbonyl (C=O) groups is 1. The van der Waals surface area contributed by atoms with Gasteiger partial charge in [0.05, 0.1) is 41.9 Å². The van der Waals surface area contributed by atoms with Crippen molar-refractivity contribution in [1.29, 1.82) is 0 Å². The highest BCUT2D eigenvalue weighted by molar-refractivity contribution is 9.10. The summed E-state index contributed by atoms with van der Waals surface area (Å²) in [5.41, 5.74) is 1.09. The first-order valence-electron chi connectivity index (χ1n) is 12.0. The maximum atomic E-state index is 13.3. The second kappa shape index (κ2) is 12.7. The van der Waals surface area contributed by atoms with Gasteiger partial charge in [0.15, 0.2) is 18.1 Å². The minimum atomic E-state index is -0.235. The molecule has 1 saturated heterocycles.